The van der Waals surface area contributed by atoms with E-state index in [0.29, 0.717) is 11.4 Å². The third-order valence-electron chi connectivity index (χ3n) is 5.14. The lowest BCUT2D eigenvalue weighted by Crippen LogP contribution is -3.00. The van der Waals surface area contributed by atoms with Crippen LogP contribution in [0.15, 0.2) is 72.8 Å². The Bertz CT molecular complexity index is 1230. The minimum atomic E-state index is 0. The van der Waals surface area contributed by atoms with Gasteiger partial charge in [0.2, 0.25) is 0 Å². The Morgan fingerprint density at radius 2 is 1.58 bits per heavy atom. The van der Waals surface area contributed by atoms with Crippen molar-refractivity contribution in [1.29, 1.82) is 0 Å². The Labute approximate surface area is 189 Å². The standard InChI is InChI=1S/C26H25N3O.ClH/c1-17(30)19-8-7-9-21(16-19)27-25-22-10-5-6-11-23(22)28-24(29-25)18-12-14-20(15-13-18)26(2,3)4;/h5-16H,1-4H3,(H,27,28,29);1H/p-1. The number of rotatable bonds is 4. The monoisotopic (exact) mass is 430 g/mol. The molecule has 3 aromatic carbocycles. The van der Waals surface area contributed by atoms with Crippen LogP contribution in [0.3, 0.4) is 0 Å². The zero-order chi connectivity index (χ0) is 21.3. The average Bonchev–Trinajstić information content (AvgIpc) is 2.73. The number of hydrogen-bond donors (Lipinski definition) is 1. The summed E-state index contributed by atoms with van der Waals surface area (Å²) in [5.74, 6) is 1.42. The fourth-order valence-electron chi connectivity index (χ4n) is 3.37. The molecular weight excluding hydrogens is 406 g/mol. The number of nitrogens with zero attached hydrogens (tertiary/aromatic N) is 2. The van der Waals surface area contributed by atoms with Crippen molar-refractivity contribution in [3.63, 3.8) is 0 Å². The first-order chi connectivity index (χ1) is 14.3. The highest BCUT2D eigenvalue weighted by molar-refractivity contribution is 5.96. The number of aromatic nitrogens is 2. The van der Waals surface area contributed by atoms with E-state index in [-0.39, 0.29) is 23.6 Å². The van der Waals surface area contributed by atoms with Crippen molar-refractivity contribution < 1.29 is 17.2 Å². The summed E-state index contributed by atoms with van der Waals surface area (Å²) >= 11 is 0. The first-order valence-electron chi connectivity index (χ1n) is 10.1. The predicted molar refractivity (Wildman–Crippen MR) is 123 cm³/mol. The topological polar surface area (TPSA) is 54.9 Å². The largest absolute Gasteiger partial charge is 1.00 e. The number of fused-ring (bicyclic) bond motifs is 1. The van der Waals surface area contributed by atoms with Crippen molar-refractivity contribution >= 4 is 28.2 Å². The minimum absolute atomic E-state index is 0. The molecule has 0 radical (unpaired) electrons. The second-order valence-electron chi connectivity index (χ2n) is 8.50. The Balaban J connectivity index is 0.00000272. The zero-order valence-corrected chi connectivity index (χ0v) is 18.9. The average molecular weight is 431 g/mol. The number of para-hydroxylation sites is 1. The Kier molecular flexibility index (Phi) is 6.42. The summed E-state index contributed by atoms with van der Waals surface area (Å²) in [6.45, 7) is 8.17. The molecule has 158 valence electrons. The molecule has 0 saturated heterocycles. The smallest absolute Gasteiger partial charge is 0.162 e. The molecule has 0 bridgehead atoms. The van der Waals surface area contributed by atoms with Crippen LogP contribution < -0.4 is 17.7 Å². The van der Waals surface area contributed by atoms with Gasteiger partial charge >= 0.3 is 0 Å². The van der Waals surface area contributed by atoms with Gasteiger partial charge in [-0.25, -0.2) is 9.97 Å². The third-order valence-corrected chi connectivity index (χ3v) is 5.14. The molecule has 5 heteroatoms. The fourth-order valence-corrected chi connectivity index (χ4v) is 3.37. The number of halogens is 1. The van der Waals surface area contributed by atoms with Gasteiger partial charge in [-0.15, -0.1) is 0 Å². The van der Waals surface area contributed by atoms with Crippen LogP contribution in [0.4, 0.5) is 11.5 Å². The van der Waals surface area contributed by atoms with E-state index in [1.807, 2.05) is 48.5 Å². The van der Waals surface area contributed by atoms with Crippen molar-refractivity contribution in [2.75, 3.05) is 5.32 Å². The van der Waals surface area contributed by atoms with E-state index in [9.17, 15) is 4.79 Å². The van der Waals surface area contributed by atoms with Crippen molar-refractivity contribution in [2.45, 2.75) is 33.1 Å². The zero-order valence-electron chi connectivity index (χ0n) is 18.1. The quantitative estimate of drug-likeness (QED) is 0.503. The second kappa shape index (κ2) is 8.86. The minimum Gasteiger partial charge on any atom is -1.00 e. The Morgan fingerprint density at radius 1 is 0.871 bits per heavy atom. The first-order valence-corrected chi connectivity index (χ1v) is 10.1. The number of carbonyl (C=O) groups is 1. The maximum absolute atomic E-state index is 11.7. The summed E-state index contributed by atoms with van der Waals surface area (Å²) < 4.78 is 0. The van der Waals surface area contributed by atoms with E-state index < -0.39 is 0 Å². The van der Waals surface area contributed by atoms with E-state index >= 15 is 0 Å². The van der Waals surface area contributed by atoms with Gasteiger partial charge in [-0.2, -0.15) is 0 Å². The van der Waals surface area contributed by atoms with Crippen molar-refractivity contribution in [3.8, 4) is 11.4 Å². The predicted octanol–water partition coefficient (Wildman–Crippen LogP) is 3.54. The van der Waals surface area contributed by atoms with Crippen LogP contribution in [0, 0.1) is 0 Å². The molecule has 0 fully saturated rings. The van der Waals surface area contributed by atoms with Crippen molar-refractivity contribution in [2.24, 2.45) is 0 Å². The van der Waals surface area contributed by atoms with Crippen LogP contribution in [-0.4, -0.2) is 15.8 Å². The van der Waals surface area contributed by atoms with E-state index in [1.165, 1.54) is 5.56 Å². The maximum atomic E-state index is 11.7. The van der Waals surface area contributed by atoms with Crippen molar-refractivity contribution in [3.05, 3.63) is 83.9 Å². The van der Waals surface area contributed by atoms with E-state index in [4.69, 9.17) is 9.97 Å². The lowest BCUT2D eigenvalue weighted by atomic mass is 9.87. The summed E-state index contributed by atoms with van der Waals surface area (Å²) in [5, 5.41) is 4.32. The summed E-state index contributed by atoms with van der Waals surface area (Å²) in [6.07, 6.45) is 0. The molecule has 0 aliphatic carbocycles. The molecule has 4 rings (SSSR count). The van der Waals surface area contributed by atoms with Crippen LogP contribution in [0.25, 0.3) is 22.3 Å². The third kappa shape index (κ3) is 4.92. The molecule has 0 aliphatic rings. The lowest BCUT2D eigenvalue weighted by Gasteiger charge is -2.19. The molecule has 4 nitrogen and oxygen atoms in total. The molecular formula is C26H25ClN3O-. The molecule has 1 aromatic heterocycles. The van der Waals surface area contributed by atoms with Gasteiger partial charge in [-0.05, 0) is 42.2 Å². The number of carbonyl (C=O) groups excluding carboxylic acids is 1. The molecule has 0 unspecified atom stereocenters. The first kappa shape index (κ1) is 22.4. The molecule has 4 aromatic rings. The molecule has 0 atom stereocenters. The number of Topliss-reactive ketones (excluding diaryl/α,β-unsaturated/α-hetero) is 1. The molecule has 0 spiro atoms. The molecule has 0 amide bonds. The van der Waals surface area contributed by atoms with E-state index in [2.05, 4.69) is 50.4 Å². The van der Waals surface area contributed by atoms with Gasteiger partial charge in [0.1, 0.15) is 5.82 Å². The summed E-state index contributed by atoms with van der Waals surface area (Å²) in [5.41, 5.74) is 4.68. The van der Waals surface area contributed by atoms with Gasteiger partial charge < -0.3 is 17.7 Å². The summed E-state index contributed by atoms with van der Waals surface area (Å²) in [7, 11) is 0. The number of anilines is 2. The molecule has 31 heavy (non-hydrogen) atoms. The highest BCUT2D eigenvalue weighted by Gasteiger charge is 2.15. The fraction of sp³-hybridized carbons (Fsp3) is 0.192. The molecule has 0 aliphatic heterocycles. The van der Waals surface area contributed by atoms with Gasteiger partial charge in [0.05, 0.1) is 5.52 Å². The molecule has 0 saturated carbocycles. The summed E-state index contributed by atoms with van der Waals surface area (Å²) in [6, 6.07) is 23.8. The number of ketones is 1. The van der Waals surface area contributed by atoms with Gasteiger partial charge in [0.15, 0.2) is 11.6 Å². The number of nitrogens with one attached hydrogen (secondary N) is 1. The number of hydrogen-bond acceptors (Lipinski definition) is 4. The van der Waals surface area contributed by atoms with Gasteiger partial charge in [0.25, 0.3) is 0 Å². The second-order valence-corrected chi connectivity index (χ2v) is 8.50. The van der Waals surface area contributed by atoms with Crippen molar-refractivity contribution in [1.82, 2.24) is 9.97 Å². The Morgan fingerprint density at radius 3 is 2.26 bits per heavy atom. The van der Waals surface area contributed by atoms with Crippen LogP contribution in [0.1, 0.15) is 43.6 Å². The lowest BCUT2D eigenvalue weighted by molar-refractivity contribution is -0.0000145. The summed E-state index contributed by atoms with van der Waals surface area (Å²) in [4.78, 5) is 21.4. The number of benzene rings is 3. The van der Waals surface area contributed by atoms with Crippen LogP contribution in [0.5, 0.6) is 0 Å². The van der Waals surface area contributed by atoms with Crippen LogP contribution in [-0.2, 0) is 5.41 Å². The molecule has 1 N–H and O–H groups in total. The van der Waals surface area contributed by atoms with Gasteiger partial charge in [-0.1, -0.05) is 69.3 Å². The SMILES string of the molecule is CC(=O)c1cccc(Nc2nc(-c3ccc(C(C)(C)C)cc3)nc3ccccc23)c1.[Cl-]. The van der Waals surface area contributed by atoms with E-state index in [0.717, 1.165) is 28.0 Å². The van der Waals surface area contributed by atoms with Gasteiger partial charge in [0, 0.05) is 22.2 Å². The maximum Gasteiger partial charge on any atom is 0.162 e. The highest BCUT2D eigenvalue weighted by Crippen LogP contribution is 2.29. The normalized spacial score (nSPS) is 11.1. The van der Waals surface area contributed by atoms with Crippen LogP contribution >= 0.6 is 0 Å². The van der Waals surface area contributed by atoms with Crippen LogP contribution in [0.2, 0.25) is 0 Å². The van der Waals surface area contributed by atoms with E-state index in [1.54, 1.807) is 6.92 Å². The molecule has 1 heterocycles. The highest BCUT2D eigenvalue weighted by atomic mass is 35.5. The Hall–Kier alpha value is -3.24. The van der Waals surface area contributed by atoms with Gasteiger partial charge in [-0.3, -0.25) is 4.79 Å².